The van der Waals surface area contributed by atoms with Crippen molar-refractivity contribution in [3.63, 3.8) is 0 Å². The Labute approximate surface area is 197 Å². The van der Waals surface area contributed by atoms with Gasteiger partial charge in [0.25, 0.3) is 15.9 Å². The van der Waals surface area contributed by atoms with Crippen molar-refractivity contribution < 1.29 is 27.9 Å². The van der Waals surface area contributed by atoms with Gasteiger partial charge in [0.1, 0.15) is 12.3 Å². The molecule has 0 saturated carbocycles. The van der Waals surface area contributed by atoms with Crippen LogP contribution in [0.4, 0.5) is 5.69 Å². The number of carboxylic acid groups (broad SMARTS) is 1. The molecule has 0 atom stereocenters. The first-order valence-electron chi connectivity index (χ1n) is 10.3. The Bertz CT molecular complexity index is 1280. The van der Waals surface area contributed by atoms with Crippen LogP contribution in [0.3, 0.4) is 0 Å². The lowest BCUT2D eigenvalue weighted by molar-refractivity contribution is -0.119. The summed E-state index contributed by atoms with van der Waals surface area (Å²) in [5, 5.41) is 13.0. The molecule has 0 unspecified atom stereocenters. The second kappa shape index (κ2) is 11.1. The Morgan fingerprint density at radius 3 is 2.29 bits per heavy atom. The van der Waals surface area contributed by atoms with E-state index in [1.165, 1.54) is 30.5 Å². The lowest BCUT2D eigenvalue weighted by atomic mass is 10.1. The molecule has 0 fully saturated rings. The highest BCUT2D eigenvalue weighted by Gasteiger charge is 2.27. The molecule has 1 amide bonds. The number of sulfonamides is 1. The van der Waals surface area contributed by atoms with E-state index >= 15 is 0 Å². The van der Waals surface area contributed by atoms with Crippen LogP contribution in [0.2, 0.25) is 0 Å². The number of carboxylic acids is 1. The summed E-state index contributed by atoms with van der Waals surface area (Å²) in [6, 6.07) is 20.3. The lowest BCUT2D eigenvalue weighted by Gasteiger charge is -2.23. The second-order valence-electron chi connectivity index (χ2n) is 6.94. The number of nitrogens with zero attached hydrogens (tertiary/aromatic N) is 2. The average Bonchev–Trinajstić information content (AvgIpc) is 2.84. The van der Waals surface area contributed by atoms with Gasteiger partial charge in [-0.3, -0.25) is 9.10 Å². The minimum atomic E-state index is -4.09. The van der Waals surface area contributed by atoms with Crippen molar-refractivity contribution in [1.29, 1.82) is 0 Å². The van der Waals surface area contributed by atoms with Crippen LogP contribution in [-0.4, -0.2) is 44.8 Å². The highest BCUT2D eigenvalue weighted by Crippen LogP contribution is 2.25. The Morgan fingerprint density at radius 2 is 1.65 bits per heavy atom. The van der Waals surface area contributed by atoms with Crippen molar-refractivity contribution in [2.45, 2.75) is 11.8 Å². The van der Waals surface area contributed by atoms with Gasteiger partial charge in [-0.05, 0) is 49.4 Å². The zero-order valence-electron chi connectivity index (χ0n) is 18.3. The summed E-state index contributed by atoms with van der Waals surface area (Å²) in [6.07, 6.45) is 1.19. The number of hydrazone groups is 1. The number of rotatable bonds is 10. The maximum Gasteiger partial charge on any atom is 0.336 e. The number of carbonyl (C=O) groups is 2. The van der Waals surface area contributed by atoms with Gasteiger partial charge in [0.15, 0.2) is 0 Å². The molecule has 0 heterocycles. The van der Waals surface area contributed by atoms with Crippen molar-refractivity contribution >= 4 is 33.8 Å². The SMILES string of the molecule is CCOc1ccc(S(=O)(=O)N(CC(=O)NN=Cc2ccccc2C(=O)O)c2ccccc2)cc1. The summed E-state index contributed by atoms with van der Waals surface area (Å²) in [7, 11) is -4.09. The predicted molar refractivity (Wildman–Crippen MR) is 128 cm³/mol. The fourth-order valence-electron chi connectivity index (χ4n) is 3.05. The van der Waals surface area contributed by atoms with E-state index in [0.29, 0.717) is 18.0 Å². The van der Waals surface area contributed by atoms with Gasteiger partial charge in [-0.15, -0.1) is 0 Å². The van der Waals surface area contributed by atoms with Crippen molar-refractivity contribution in [3.05, 3.63) is 90.0 Å². The summed E-state index contributed by atoms with van der Waals surface area (Å²) in [6.45, 7) is 1.72. The number of nitrogens with one attached hydrogen (secondary N) is 1. The number of amides is 1. The molecule has 2 N–H and O–H groups in total. The van der Waals surface area contributed by atoms with E-state index < -0.39 is 28.4 Å². The molecule has 0 spiro atoms. The third-order valence-corrected chi connectivity index (χ3v) is 6.43. The van der Waals surface area contributed by atoms with E-state index in [1.54, 1.807) is 54.6 Å². The molecule has 3 rings (SSSR count). The maximum atomic E-state index is 13.4. The molecule has 9 nitrogen and oxygen atoms in total. The average molecular weight is 482 g/mol. The van der Waals surface area contributed by atoms with E-state index in [0.717, 1.165) is 4.31 Å². The normalized spacial score (nSPS) is 11.2. The molecular formula is C24H23N3O6S. The molecule has 34 heavy (non-hydrogen) atoms. The van der Waals surface area contributed by atoms with Crippen molar-refractivity contribution in [2.24, 2.45) is 5.10 Å². The second-order valence-corrected chi connectivity index (χ2v) is 8.80. The van der Waals surface area contributed by atoms with Gasteiger partial charge < -0.3 is 9.84 Å². The summed E-state index contributed by atoms with van der Waals surface area (Å²) in [4.78, 5) is 23.9. The number of carbonyl (C=O) groups excluding carboxylic acids is 1. The lowest BCUT2D eigenvalue weighted by Crippen LogP contribution is -2.39. The fraction of sp³-hybridized carbons (Fsp3) is 0.125. The zero-order valence-corrected chi connectivity index (χ0v) is 19.1. The minimum Gasteiger partial charge on any atom is -0.494 e. The van der Waals surface area contributed by atoms with Gasteiger partial charge >= 0.3 is 5.97 Å². The number of benzene rings is 3. The number of para-hydroxylation sites is 1. The van der Waals surface area contributed by atoms with Crippen LogP contribution in [0, 0.1) is 0 Å². The molecule has 0 bridgehead atoms. The van der Waals surface area contributed by atoms with Gasteiger partial charge in [0.2, 0.25) is 0 Å². The first-order valence-corrected chi connectivity index (χ1v) is 11.7. The topological polar surface area (TPSA) is 125 Å². The third kappa shape index (κ3) is 5.99. The van der Waals surface area contributed by atoms with Crippen LogP contribution < -0.4 is 14.5 Å². The van der Waals surface area contributed by atoms with Crippen LogP contribution >= 0.6 is 0 Å². The predicted octanol–water partition coefficient (Wildman–Crippen LogP) is 3.13. The van der Waals surface area contributed by atoms with Crippen LogP contribution in [0.15, 0.2) is 88.9 Å². The standard InChI is InChI=1S/C24H23N3O6S/c1-2-33-20-12-14-21(15-13-20)34(31,32)27(19-9-4-3-5-10-19)17-23(28)26-25-16-18-8-6-7-11-22(18)24(29)30/h3-16H,2,17H2,1H3,(H,26,28)(H,29,30). The molecule has 3 aromatic rings. The van der Waals surface area contributed by atoms with Crippen molar-refractivity contribution in [1.82, 2.24) is 5.43 Å². The molecule has 176 valence electrons. The van der Waals surface area contributed by atoms with Gasteiger partial charge in [0.05, 0.1) is 29.0 Å². The number of hydrogen-bond donors (Lipinski definition) is 2. The van der Waals surface area contributed by atoms with Crippen molar-refractivity contribution in [3.8, 4) is 5.75 Å². The Morgan fingerprint density at radius 1 is 1.00 bits per heavy atom. The van der Waals surface area contributed by atoms with E-state index in [9.17, 15) is 23.1 Å². The zero-order chi connectivity index (χ0) is 24.6. The summed E-state index contributed by atoms with van der Waals surface area (Å²) < 4.78 is 33.0. The molecule has 10 heteroatoms. The molecule has 0 aliphatic carbocycles. The maximum absolute atomic E-state index is 13.4. The smallest absolute Gasteiger partial charge is 0.336 e. The quantitative estimate of drug-likeness (QED) is 0.339. The first kappa shape index (κ1) is 24.5. The molecule has 0 radical (unpaired) electrons. The third-order valence-electron chi connectivity index (χ3n) is 4.64. The molecule has 0 aliphatic heterocycles. The molecular weight excluding hydrogens is 458 g/mol. The molecule has 3 aromatic carbocycles. The highest BCUT2D eigenvalue weighted by molar-refractivity contribution is 7.92. The fourth-order valence-corrected chi connectivity index (χ4v) is 4.48. The van der Waals surface area contributed by atoms with E-state index in [-0.39, 0.29) is 16.0 Å². The Balaban J connectivity index is 1.82. The van der Waals surface area contributed by atoms with Gasteiger partial charge in [-0.1, -0.05) is 36.4 Å². The van der Waals surface area contributed by atoms with E-state index in [2.05, 4.69) is 10.5 Å². The summed E-state index contributed by atoms with van der Waals surface area (Å²) >= 11 is 0. The largest absolute Gasteiger partial charge is 0.494 e. The monoisotopic (exact) mass is 481 g/mol. The van der Waals surface area contributed by atoms with Gasteiger partial charge in [-0.2, -0.15) is 5.10 Å². The van der Waals surface area contributed by atoms with Crippen LogP contribution in [0.5, 0.6) is 5.75 Å². The number of anilines is 1. The Kier molecular flexibility index (Phi) is 7.99. The highest BCUT2D eigenvalue weighted by atomic mass is 32.2. The molecule has 0 aliphatic rings. The number of ether oxygens (including phenoxy) is 1. The first-order chi connectivity index (χ1) is 16.3. The Hall–Kier alpha value is -4.18. The minimum absolute atomic E-state index is 0.00788. The molecule has 0 saturated heterocycles. The summed E-state index contributed by atoms with van der Waals surface area (Å²) in [5.74, 6) is -1.31. The van der Waals surface area contributed by atoms with E-state index in [1.807, 2.05) is 6.92 Å². The summed E-state index contributed by atoms with van der Waals surface area (Å²) in [5.41, 5.74) is 2.86. The van der Waals surface area contributed by atoms with Crippen LogP contribution in [0.25, 0.3) is 0 Å². The number of hydrogen-bond acceptors (Lipinski definition) is 6. The number of aromatic carboxylic acids is 1. The van der Waals surface area contributed by atoms with Gasteiger partial charge in [0, 0.05) is 5.56 Å². The van der Waals surface area contributed by atoms with Crippen LogP contribution in [-0.2, 0) is 14.8 Å². The van der Waals surface area contributed by atoms with Crippen molar-refractivity contribution in [2.75, 3.05) is 17.5 Å². The van der Waals surface area contributed by atoms with E-state index in [4.69, 9.17) is 4.74 Å². The van der Waals surface area contributed by atoms with Crippen LogP contribution in [0.1, 0.15) is 22.8 Å². The molecule has 0 aromatic heterocycles. The van der Waals surface area contributed by atoms with Gasteiger partial charge in [-0.25, -0.2) is 18.6 Å².